The van der Waals surface area contributed by atoms with Crippen molar-refractivity contribution in [3.05, 3.63) is 0 Å². The van der Waals surface area contributed by atoms with Crippen molar-refractivity contribution in [2.24, 2.45) is 5.92 Å². The van der Waals surface area contributed by atoms with Gasteiger partial charge in [-0.3, -0.25) is 4.79 Å². The Morgan fingerprint density at radius 2 is 1.31 bits per heavy atom. The zero-order valence-electron chi connectivity index (χ0n) is 9.72. The highest BCUT2D eigenvalue weighted by Crippen LogP contribution is 2.04. The molecule has 0 radical (unpaired) electrons. The summed E-state index contributed by atoms with van der Waals surface area (Å²) in [7, 11) is 0. The molecular formula is C10H16O6. The van der Waals surface area contributed by atoms with Crippen LogP contribution in [0, 0.1) is 5.92 Å². The highest BCUT2D eigenvalue weighted by molar-refractivity contribution is 5.82. The monoisotopic (exact) mass is 232 g/mol. The van der Waals surface area contributed by atoms with Gasteiger partial charge in [0.1, 0.15) is 0 Å². The van der Waals surface area contributed by atoms with Crippen molar-refractivity contribution in [3.63, 3.8) is 0 Å². The van der Waals surface area contributed by atoms with Crippen LogP contribution < -0.4 is 0 Å². The molecular weight excluding hydrogens is 216 g/mol. The summed E-state index contributed by atoms with van der Waals surface area (Å²) in [5.41, 5.74) is 0. The van der Waals surface area contributed by atoms with Crippen molar-refractivity contribution in [1.29, 1.82) is 0 Å². The van der Waals surface area contributed by atoms with Crippen molar-refractivity contribution < 1.29 is 29.0 Å². The van der Waals surface area contributed by atoms with Crippen molar-refractivity contribution in [2.75, 3.05) is 0 Å². The van der Waals surface area contributed by atoms with Crippen LogP contribution in [0.3, 0.4) is 0 Å². The van der Waals surface area contributed by atoms with Crippen LogP contribution in [0.2, 0.25) is 0 Å². The minimum atomic E-state index is -1.26. The molecule has 0 aromatic heterocycles. The quantitative estimate of drug-likeness (QED) is 0.698. The van der Waals surface area contributed by atoms with Gasteiger partial charge in [-0.1, -0.05) is 13.8 Å². The minimum Gasteiger partial charge on any atom is -0.479 e. The molecule has 92 valence electrons. The molecule has 0 saturated heterocycles. The van der Waals surface area contributed by atoms with Gasteiger partial charge < -0.3 is 14.6 Å². The number of carboxylic acids is 1. The number of carboxylic acid groups (broad SMARTS) is 1. The lowest BCUT2D eigenvalue weighted by Gasteiger charge is -2.15. The van der Waals surface area contributed by atoms with E-state index in [4.69, 9.17) is 9.84 Å². The maximum absolute atomic E-state index is 11.3. The Morgan fingerprint density at radius 3 is 1.69 bits per heavy atom. The van der Waals surface area contributed by atoms with Gasteiger partial charge in [0.05, 0.1) is 5.92 Å². The Bertz CT molecular complexity index is 283. The number of carbonyl (C=O) groups excluding carboxylic acids is 2. The summed E-state index contributed by atoms with van der Waals surface area (Å²) < 4.78 is 9.29. The molecule has 6 heteroatoms. The van der Waals surface area contributed by atoms with E-state index < -0.39 is 30.1 Å². The first kappa shape index (κ1) is 14.4. The number of hydrogen-bond acceptors (Lipinski definition) is 5. The van der Waals surface area contributed by atoms with Crippen LogP contribution in [0.25, 0.3) is 0 Å². The first-order chi connectivity index (χ1) is 7.25. The fraction of sp³-hybridized carbons (Fsp3) is 0.700. The smallest absolute Gasteiger partial charge is 0.347 e. The maximum atomic E-state index is 11.3. The Balaban J connectivity index is 4.19. The predicted octanol–water partition coefficient (Wildman–Crippen LogP) is 0.590. The molecule has 1 N–H and O–H groups in total. The molecule has 0 bridgehead atoms. The van der Waals surface area contributed by atoms with Crippen LogP contribution in [0.15, 0.2) is 0 Å². The van der Waals surface area contributed by atoms with Crippen LogP contribution in [-0.2, 0) is 23.9 Å². The van der Waals surface area contributed by atoms with E-state index in [-0.39, 0.29) is 5.92 Å². The van der Waals surface area contributed by atoms with Crippen molar-refractivity contribution >= 4 is 17.9 Å². The molecule has 0 aromatic rings. The molecule has 0 aliphatic heterocycles. The molecule has 0 aromatic carbocycles. The number of rotatable bonds is 5. The summed E-state index contributed by atoms with van der Waals surface area (Å²) in [6.45, 7) is 5.80. The lowest BCUT2D eigenvalue weighted by molar-refractivity contribution is -0.176. The van der Waals surface area contributed by atoms with E-state index in [1.165, 1.54) is 13.8 Å². The molecule has 0 amide bonds. The van der Waals surface area contributed by atoms with Crippen molar-refractivity contribution in [2.45, 2.75) is 39.9 Å². The third kappa shape index (κ3) is 4.77. The summed E-state index contributed by atoms with van der Waals surface area (Å²) in [5, 5.41) is 8.50. The molecule has 16 heavy (non-hydrogen) atoms. The van der Waals surface area contributed by atoms with Crippen LogP contribution in [0.1, 0.15) is 27.7 Å². The fourth-order valence-corrected chi connectivity index (χ4v) is 0.679. The molecule has 0 aliphatic rings. The van der Waals surface area contributed by atoms with Gasteiger partial charge in [0.15, 0.2) is 12.2 Å². The van der Waals surface area contributed by atoms with Crippen molar-refractivity contribution in [1.82, 2.24) is 0 Å². The topological polar surface area (TPSA) is 89.9 Å². The predicted molar refractivity (Wildman–Crippen MR) is 53.6 cm³/mol. The lowest BCUT2D eigenvalue weighted by Crippen LogP contribution is -2.33. The third-order valence-corrected chi connectivity index (χ3v) is 1.74. The molecule has 0 heterocycles. The van der Waals surface area contributed by atoms with Crippen LogP contribution >= 0.6 is 0 Å². The Kier molecular flexibility index (Phi) is 5.49. The van der Waals surface area contributed by atoms with Gasteiger partial charge in [0, 0.05) is 0 Å². The largest absolute Gasteiger partial charge is 0.479 e. The van der Waals surface area contributed by atoms with Gasteiger partial charge in [0.25, 0.3) is 0 Å². The lowest BCUT2D eigenvalue weighted by atomic mass is 10.2. The van der Waals surface area contributed by atoms with Gasteiger partial charge in [0.2, 0.25) is 0 Å². The molecule has 0 unspecified atom stereocenters. The molecule has 0 aliphatic carbocycles. The summed E-state index contributed by atoms with van der Waals surface area (Å²) in [6.07, 6.45) is -2.36. The van der Waals surface area contributed by atoms with Gasteiger partial charge in [-0.25, -0.2) is 9.59 Å². The molecule has 0 fully saturated rings. The molecule has 0 rings (SSSR count). The van der Waals surface area contributed by atoms with E-state index in [1.807, 2.05) is 0 Å². The van der Waals surface area contributed by atoms with Gasteiger partial charge in [-0.15, -0.1) is 0 Å². The van der Waals surface area contributed by atoms with E-state index in [9.17, 15) is 14.4 Å². The number of ether oxygens (including phenoxy) is 2. The average Bonchev–Trinajstić information content (AvgIpc) is 2.16. The average molecular weight is 232 g/mol. The Labute approximate surface area is 93.5 Å². The number of hydrogen-bond donors (Lipinski definition) is 1. The van der Waals surface area contributed by atoms with Crippen molar-refractivity contribution in [3.8, 4) is 0 Å². The van der Waals surface area contributed by atoms with E-state index in [0.29, 0.717) is 0 Å². The molecule has 2 atom stereocenters. The second kappa shape index (κ2) is 6.09. The SMILES string of the molecule is CC(C)C(=O)O[C@@H](C)C(=O)O[C@@H](C)C(=O)O. The first-order valence-electron chi connectivity index (χ1n) is 4.89. The highest BCUT2D eigenvalue weighted by atomic mass is 16.6. The zero-order chi connectivity index (χ0) is 12.9. The van der Waals surface area contributed by atoms with Gasteiger partial charge >= 0.3 is 17.9 Å². The first-order valence-corrected chi connectivity index (χ1v) is 4.89. The third-order valence-electron chi connectivity index (χ3n) is 1.74. The summed E-state index contributed by atoms with van der Waals surface area (Å²) in [5.74, 6) is -3.01. The Hall–Kier alpha value is -1.59. The molecule has 6 nitrogen and oxygen atoms in total. The van der Waals surface area contributed by atoms with E-state index in [1.54, 1.807) is 13.8 Å². The van der Waals surface area contributed by atoms with Crippen LogP contribution in [0.5, 0.6) is 0 Å². The molecule has 0 spiro atoms. The number of carbonyl (C=O) groups is 3. The van der Waals surface area contributed by atoms with E-state index >= 15 is 0 Å². The number of aliphatic carboxylic acids is 1. The normalized spacial score (nSPS) is 14.1. The summed E-state index contributed by atoms with van der Waals surface area (Å²) in [6, 6.07) is 0. The second-order valence-electron chi connectivity index (χ2n) is 3.65. The maximum Gasteiger partial charge on any atom is 0.347 e. The molecule has 0 saturated carbocycles. The summed E-state index contributed by atoms with van der Waals surface area (Å²) in [4.78, 5) is 32.8. The fourth-order valence-electron chi connectivity index (χ4n) is 0.679. The number of esters is 2. The van der Waals surface area contributed by atoms with Crippen LogP contribution in [-0.4, -0.2) is 35.2 Å². The Morgan fingerprint density at radius 1 is 0.875 bits per heavy atom. The standard InChI is InChI=1S/C10H16O6/c1-5(2)9(13)16-7(4)10(14)15-6(3)8(11)12/h5-7H,1-4H3,(H,11,12)/t6-,7-/m0/s1. The van der Waals surface area contributed by atoms with Gasteiger partial charge in [-0.2, -0.15) is 0 Å². The highest BCUT2D eigenvalue weighted by Gasteiger charge is 2.24. The van der Waals surface area contributed by atoms with Crippen LogP contribution in [0.4, 0.5) is 0 Å². The zero-order valence-corrected chi connectivity index (χ0v) is 9.72. The van der Waals surface area contributed by atoms with Gasteiger partial charge in [-0.05, 0) is 13.8 Å². The van der Waals surface area contributed by atoms with E-state index in [0.717, 1.165) is 0 Å². The second-order valence-corrected chi connectivity index (χ2v) is 3.65. The van der Waals surface area contributed by atoms with E-state index in [2.05, 4.69) is 4.74 Å². The summed E-state index contributed by atoms with van der Waals surface area (Å²) >= 11 is 0. The minimum absolute atomic E-state index is 0.354.